The number of rotatable bonds is 6. The first-order chi connectivity index (χ1) is 10.3. The maximum absolute atomic E-state index is 12.4. The summed E-state index contributed by atoms with van der Waals surface area (Å²) in [6.45, 7) is 5.83. The predicted molar refractivity (Wildman–Crippen MR) is 87.5 cm³/mol. The molecule has 22 heavy (non-hydrogen) atoms. The van der Waals surface area contributed by atoms with Gasteiger partial charge in [0.15, 0.2) is 9.84 Å². The zero-order chi connectivity index (χ0) is 16.3. The van der Waals surface area contributed by atoms with Gasteiger partial charge in [-0.3, -0.25) is 4.68 Å². The molecule has 1 aromatic heterocycles. The Labute approximate surface area is 132 Å². The fourth-order valence-electron chi connectivity index (χ4n) is 2.41. The summed E-state index contributed by atoms with van der Waals surface area (Å²) in [6.07, 6.45) is 3.72. The van der Waals surface area contributed by atoms with E-state index in [1.807, 2.05) is 46.1 Å². The molecule has 2 rings (SSSR count). The smallest absolute Gasteiger partial charge is 0.179 e. The summed E-state index contributed by atoms with van der Waals surface area (Å²) in [5.41, 5.74) is 2.09. The van der Waals surface area contributed by atoms with Gasteiger partial charge in [-0.1, -0.05) is 17.7 Å². The first-order valence-corrected chi connectivity index (χ1v) is 8.97. The number of aromatic nitrogens is 2. The summed E-state index contributed by atoms with van der Waals surface area (Å²) in [5.74, 6) is 0.0701. The average Bonchev–Trinajstić information content (AvgIpc) is 2.85. The number of nitrogens with zero attached hydrogens (tertiary/aromatic N) is 2. The van der Waals surface area contributed by atoms with Gasteiger partial charge in [-0.15, -0.1) is 0 Å². The second-order valence-corrected chi connectivity index (χ2v) is 7.87. The van der Waals surface area contributed by atoms with Crippen molar-refractivity contribution in [2.75, 3.05) is 5.75 Å². The van der Waals surface area contributed by atoms with Crippen LogP contribution in [0.2, 0.25) is 0 Å². The van der Waals surface area contributed by atoms with Gasteiger partial charge in [-0.25, -0.2) is 8.42 Å². The molecule has 2 atom stereocenters. The van der Waals surface area contributed by atoms with E-state index in [-0.39, 0.29) is 17.8 Å². The molecular formula is C16H23N3O2S. The van der Waals surface area contributed by atoms with E-state index >= 15 is 0 Å². The van der Waals surface area contributed by atoms with E-state index in [1.165, 1.54) is 0 Å². The van der Waals surface area contributed by atoms with E-state index in [0.29, 0.717) is 4.90 Å². The maximum atomic E-state index is 12.4. The van der Waals surface area contributed by atoms with Crippen molar-refractivity contribution in [1.82, 2.24) is 15.1 Å². The van der Waals surface area contributed by atoms with Gasteiger partial charge in [0.25, 0.3) is 0 Å². The number of hydrogen-bond acceptors (Lipinski definition) is 4. The quantitative estimate of drug-likeness (QED) is 0.886. The van der Waals surface area contributed by atoms with Crippen molar-refractivity contribution in [2.45, 2.75) is 37.8 Å². The predicted octanol–water partition coefficient (Wildman–Crippen LogP) is 2.24. The molecular weight excluding hydrogens is 298 g/mol. The molecule has 120 valence electrons. The monoisotopic (exact) mass is 321 g/mol. The highest BCUT2D eigenvalue weighted by Gasteiger charge is 2.20. The topological polar surface area (TPSA) is 64.0 Å². The van der Waals surface area contributed by atoms with Gasteiger partial charge in [-0.05, 0) is 32.9 Å². The number of aryl methyl sites for hydroxylation is 2. The Balaban J connectivity index is 2.01. The van der Waals surface area contributed by atoms with E-state index in [2.05, 4.69) is 10.4 Å². The third-order valence-corrected chi connectivity index (χ3v) is 5.54. The van der Waals surface area contributed by atoms with Gasteiger partial charge in [0, 0.05) is 30.9 Å². The van der Waals surface area contributed by atoms with Crippen molar-refractivity contribution in [3.8, 4) is 0 Å². The number of sulfone groups is 1. The van der Waals surface area contributed by atoms with E-state index in [4.69, 9.17) is 0 Å². The van der Waals surface area contributed by atoms with E-state index in [0.717, 1.165) is 11.1 Å². The molecule has 0 aliphatic carbocycles. The van der Waals surface area contributed by atoms with Crippen LogP contribution < -0.4 is 5.32 Å². The van der Waals surface area contributed by atoms with Crippen LogP contribution >= 0.6 is 0 Å². The second-order valence-electron chi connectivity index (χ2n) is 5.83. The van der Waals surface area contributed by atoms with Crippen molar-refractivity contribution >= 4 is 9.84 Å². The molecule has 0 aliphatic heterocycles. The molecule has 1 N–H and O–H groups in total. The Kier molecular flexibility index (Phi) is 5.03. The maximum Gasteiger partial charge on any atom is 0.179 e. The lowest BCUT2D eigenvalue weighted by Crippen LogP contribution is -2.34. The van der Waals surface area contributed by atoms with Crippen molar-refractivity contribution < 1.29 is 8.42 Å². The Morgan fingerprint density at radius 1 is 1.23 bits per heavy atom. The molecule has 0 saturated carbocycles. The molecule has 0 aliphatic rings. The Morgan fingerprint density at radius 2 is 1.86 bits per heavy atom. The molecule has 6 heteroatoms. The summed E-state index contributed by atoms with van der Waals surface area (Å²) in [6, 6.07) is 6.88. The average molecular weight is 321 g/mol. The second kappa shape index (κ2) is 6.62. The highest BCUT2D eigenvalue weighted by atomic mass is 32.2. The molecule has 0 saturated heterocycles. The minimum atomic E-state index is -3.28. The highest BCUT2D eigenvalue weighted by molar-refractivity contribution is 7.91. The Hall–Kier alpha value is -1.66. The first kappa shape index (κ1) is 16.7. The van der Waals surface area contributed by atoms with Gasteiger partial charge < -0.3 is 5.32 Å². The van der Waals surface area contributed by atoms with Gasteiger partial charge in [0.05, 0.1) is 16.8 Å². The molecule has 0 spiro atoms. The molecule has 0 amide bonds. The lowest BCUT2D eigenvalue weighted by atomic mass is 10.2. The molecule has 1 aromatic carbocycles. The summed E-state index contributed by atoms with van der Waals surface area (Å²) in [5, 5.41) is 7.45. The summed E-state index contributed by atoms with van der Waals surface area (Å²) < 4.78 is 26.6. The summed E-state index contributed by atoms with van der Waals surface area (Å²) in [4.78, 5) is 0.376. The summed E-state index contributed by atoms with van der Waals surface area (Å²) in [7, 11) is -1.42. The van der Waals surface area contributed by atoms with E-state index in [9.17, 15) is 8.42 Å². The first-order valence-electron chi connectivity index (χ1n) is 7.32. The SMILES string of the molecule is Cc1ccc(S(=O)(=O)CC(C)NC(C)c2cnn(C)c2)cc1. The van der Waals surface area contributed by atoms with Crippen LogP contribution in [0.5, 0.6) is 0 Å². The third-order valence-electron chi connectivity index (χ3n) is 3.61. The van der Waals surface area contributed by atoms with Gasteiger partial charge in [0.2, 0.25) is 0 Å². The molecule has 0 bridgehead atoms. The minimum absolute atomic E-state index is 0.0527. The van der Waals surface area contributed by atoms with Crippen LogP contribution in [0.3, 0.4) is 0 Å². The van der Waals surface area contributed by atoms with Crippen LogP contribution in [-0.4, -0.2) is 30.0 Å². The van der Waals surface area contributed by atoms with Gasteiger partial charge in [0.1, 0.15) is 0 Å². The lowest BCUT2D eigenvalue weighted by Gasteiger charge is -2.19. The normalized spacial score (nSPS) is 14.7. The van der Waals surface area contributed by atoms with Crippen molar-refractivity contribution in [3.05, 3.63) is 47.8 Å². The third kappa shape index (κ3) is 4.18. The molecule has 0 radical (unpaired) electrons. The van der Waals surface area contributed by atoms with Gasteiger partial charge >= 0.3 is 0 Å². The van der Waals surface area contributed by atoms with Crippen LogP contribution in [0.15, 0.2) is 41.6 Å². The largest absolute Gasteiger partial charge is 0.307 e. The molecule has 2 unspecified atom stereocenters. The van der Waals surface area contributed by atoms with Crippen molar-refractivity contribution in [1.29, 1.82) is 0 Å². The zero-order valence-corrected chi connectivity index (χ0v) is 14.3. The minimum Gasteiger partial charge on any atom is -0.307 e. The molecule has 5 nitrogen and oxygen atoms in total. The standard InChI is InChI=1S/C16H23N3O2S/c1-12-5-7-16(8-6-12)22(20,21)11-13(2)18-14(3)15-9-17-19(4)10-15/h5-10,13-14,18H,11H2,1-4H3. The fraction of sp³-hybridized carbons (Fsp3) is 0.438. The Morgan fingerprint density at radius 3 is 2.41 bits per heavy atom. The fourth-order valence-corrected chi connectivity index (χ4v) is 3.90. The number of benzene rings is 1. The van der Waals surface area contributed by atoms with Crippen LogP contribution in [0.4, 0.5) is 0 Å². The Bertz CT molecular complexity index is 720. The van der Waals surface area contributed by atoms with E-state index in [1.54, 1.807) is 23.0 Å². The van der Waals surface area contributed by atoms with Crippen LogP contribution in [0, 0.1) is 6.92 Å². The number of hydrogen-bond donors (Lipinski definition) is 1. The summed E-state index contributed by atoms with van der Waals surface area (Å²) >= 11 is 0. The van der Waals surface area contributed by atoms with Crippen LogP contribution in [0.25, 0.3) is 0 Å². The lowest BCUT2D eigenvalue weighted by molar-refractivity contribution is 0.499. The van der Waals surface area contributed by atoms with E-state index < -0.39 is 9.84 Å². The molecule has 1 heterocycles. The van der Waals surface area contributed by atoms with Crippen LogP contribution in [-0.2, 0) is 16.9 Å². The molecule has 0 fully saturated rings. The van der Waals surface area contributed by atoms with Crippen molar-refractivity contribution in [3.63, 3.8) is 0 Å². The van der Waals surface area contributed by atoms with Crippen LogP contribution in [0.1, 0.15) is 31.0 Å². The van der Waals surface area contributed by atoms with Gasteiger partial charge in [-0.2, -0.15) is 5.10 Å². The zero-order valence-electron chi connectivity index (χ0n) is 13.4. The highest BCUT2D eigenvalue weighted by Crippen LogP contribution is 2.15. The molecule has 2 aromatic rings. The van der Waals surface area contributed by atoms with Crippen molar-refractivity contribution in [2.24, 2.45) is 7.05 Å². The number of nitrogens with one attached hydrogen (secondary N) is 1.